The van der Waals surface area contributed by atoms with Gasteiger partial charge in [-0.1, -0.05) is 6.92 Å². The lowest BCUT2D eigenvalue weighted by Gasteiger charge is -2.27. The summed E-state index contributed by atoms with van der Waals surface area (Å²) in [6.45, 7) is 4.03. The normalized spacial score (nSPS) is 14.8. The van der Waals surface area contributed by atoms with Gasteiger partial charge in [0.25, 0.3) is 0 Å². The van der Waals surface area contributed by atoms with E-state index in [2.05, 4.69) is 20.4 Å². The van der Waals surface area contributed by atoms with Gasteiger partial charge in [0.05, 0.1) is 23.7 Å². The van der Waals surface area contributed by atoms with Gasteiger partial charge in [-0.15, -0.1) is 0 Å². The molecule has 0 saturated heterocycles. The van der Waals surface area contributed by atoms with Crippen LogP contribution in [0.4, 0.5) is 5.82 Å². The van der Waals surface area contributed by atoms with E-state index in [0.29, 0.717) is 5.82 Å². The number of anilines is 1. The summed E-state index contributed by atoms with van der Waals surface area (Å²) in [6.07, 6.45) is 4.03. The van der Waals surface area contributed by atoms with Gasteiger partial charge in [-0.3, -0.25) is 4.68 Å². The third-order valence-electron chi connectivity index (χ3n) is 3.08. The standard InChI is InChI=1S/C11H17N5O/c1-4-11(2,6-17)15-9-8-5-14-16(3)10(8)13-7-12-9/h5,7,17H,4,6H2,1-3H3,(H,12,13,15). The Morgan fingerprint density at radius 2 is 2.24 bits per heavy atom. The lowest BCUT2D eigenvalue weighted by Crippen LogP contribution is -2.38. The Kier molecular flexibility index (Phi) is 2.97. The number of aliphatic hydroxyl groups is 1. The quantitative estimate of drug-likeness (QED) is 0.824. The molecule has 0 spiro atoms. The first kappa shape index (κ1) is 11.8. The highest BCUT2D eigenvalue weighted by Crippen LogP contribution is 2.22. The van der Waals surface area contributed by atoms with Crippen molar-refractivity contribution in [1.82, 2.24) is 19.7 Å². The van der Waals surface area contributed by atoms with E-state index in [-0.39, 0.29) is 12.1 Å². The lowest BCUT2D eigenvalue weighted by atomic mass is 10.0. The molecule has 2 aromatic heterocycles. The molecule has 17 heavy (non-hydrogen) atoms. The summed E-state index contributed by atoms with van der Waals surface area (Å²) in [5.41, 5.74) is 0.399. The van der Waals surface area contributed by atoms with Crippen molar-refractivity contribution in [2.24, 2.45) is 7.05 Å². The first-order chi connectivity index (χ1) is 8.09. The van der Waals surface area contributed by atoms with Crippen molar-refractivity contribution in [1.29, 1.82) is 0 Å². The third-order valence-corrected chi connectivity index (χ3v) is 3.08. The number of fused-ring (bicyclic) bond motifs is 1. The molecular weight excluding hydrogens is 218 g/mol. The molecule has 0 aliphatic rings. The molecule has 2 heterocycles. The van der Waals surface area contributed by atoms with E-state index in [9.17, 15) is 5.11 Å². The number of aliphatic hydroxyl groups excluding tert-OH is 1. The van der Waals surface area contributed by atoms with E-state index in [4.69, 9.17) is 0 Å². The Bertz CT molecular complexity index is 518. The highest BCUT2D eigenvalue weighted by atomic mass is 16.3. The molecule has 0 radical (unpaired) electrons. The molecule has 0 aliphatic heterocycles. The average Bonchev–Trinajstić information content (AvgIpc) is 2.72. The highest BCUT2D eigenvalue weighted by Gasteiger charge is 2.22. The molecule has 0 bridgehead atoms. The van der Waals surface area contributed by atoms with Crippen LogP contribution < -0.4 is 5.32 Å². The zero-order valence-electron chi connectivity index (χ0n) is 10.3. The molecule has 6 heteroatoms. The molecule has 2 aromatic rings. The van der Waals surface area contributed by atoms with Crippen LogP contribution in [0.25, 0.3) is 11.0 Å². The van der Waals surface area contributed by atoms with Gasteiger partial charge in [0.15, 0.2) is 5.65 Å². The Labute approximate surface area is 99.7 Å². The van der Waals surface area contributed by atoms with Gasteiger partial charge < -0.3 is 10.4 Å². The highest BCUT2D eigenvalue weighted by molar-refractivity contribution is 5.86. The minimum atomic E-state index is -0.378. The van der Waals surface area contributed by atoms with Crippen LogP contribution in [0, 0.1) is 0 Å². The number of nitrogens with zero attached hydrogens (tertiary/aromatic N) is 4. The number of aromatic nitrogens is 4. The van der Waals surface area contributed by atoms with Crippen molar-refractivity contribution in [3.05, 3.63) is 12.5 Å². The van der Waals surface area contributed by atoms with Gasteiger partial charge in [0, 0.05) is 7.05 Å². The van der Waals surface area contributed by atoms with Gasteiger partial charge in [-0.05, 0) is 13.3 Å². The zero-order valence-corrected chi connectivity index (χ0v) is 10.3. The first-order valence-electron chi connectivity index (χ1n) is 5.61. The predicted octanol–water partition coefficient (Wildman–Crippen LogP) is 0.936. The molecule has 92 valence electrons. The fourth-order valence-corrected chi connectivity index (χ4v) is 1.59. The molecular formula is C11H17N5O. The number of aryl methyl sites for hydroxylation is 1. The van der Waals surface area contributed by atoms with Crippen LogP contribution in [-0.2, 0) is 7.05 Å². The largest absolute Gasteiger partial charge is 0.394 e. The molecule has 1 unspecified atom stereocenters. The van der Waals surface area contributed by atoms with Gasteiger partial charge in [-0.25, -0.2) is 9.97 Å². The number of hydrogen-bond acceptors (Lipinski definition) is 5. The van der Waals surface area contributed by atoms with E-state index < -0.39 is 0 Å². The summed E-state index contributed by atoms with van der Waals surface area (Å²) in [7, 11) is 1.84. The lowest BCUT2D eigenvalue weighted by molar-refractivity contribution is 0.218. The minimum Gasteiger partial charge on any atom is -0.394 e. The second-order valence-corrected chi connectivity index (χ2v) is 4.43. The van der Waals surface area contributed by atoms with E-state index in [1.807, 2.05) is 20.9 Å². The van der Waals surface area contributed by atoms with E-state index in [1.54, 1.807) is 10.9 Å². The van der Waals surface area contributed by atoms with Crippen molar-refractivity contribution in [3.8, 4) is 0 Å². The maximum atomic E-state index is 9.40. The Hall–Kier alpha value is -1.69. The van der Waals surface area contributed by atoms with Crippen LogP contribution in [0.3, 0.4) is 0 Å². The molecule has 0 saturated carbocycles. The van der Waals surface area contributed by atoms with Gasteiger partial charge in [0.2, 0.25) is 0 Å². The molecule has 0 fully saturated rings. The number of nitrogens with one attached hydrogen (secondary N) is 1. The summed E-state index contributed by atoms with van der Waals surface area (Å²) < 4.78 is 1.70. The molecule has 2 N–H and O–H groups in total. The topological polar surface area (TPSA) is 75.9 Å². The molecule has 0 aliphatic carbocycles. The van der Waals surface area contributed by atoms with Crippen molar-refractivity contribution >= 4 is 16.9 Å². The van der Waals surface area contributed by atoms with Crippen LogP contribution in [0.5, 0.6) is 0 Å². The average molecular weight is 235 g/mol. The second kappa shape index (κ2) is 4.29. The van der Waals surface area contributed by atoms with Crippen molar-refractivity contribution in [2.75, 3.05) is 11.9 Å². The Balaban J connectivity index is 2.42. The minimum absolute atomic E-state index is 0.0509. The Morgan fingerprint density at radius 1 is 1.47 bits per heavy atom. The van der Waals surface area contributed by atoms with Crippen LogP contribution in [0.1, 0.15) is 20.3 Å². The summed E-state index contributed by atoms with van der Waals surface area (Å²) in [6, 6.07) is 0. The van der Waals surface area contributed by atoms with E-state index in [0.717, 1.165) is 17.5 Å². The van der Waals surface area contributed by atoms with Crippen LogP contribution in [-0.4, -0.2) is 37.0 Å². The molecule has 1 atom stereocenters. The SMILES string of the molecule is CCC(C)(CO)Nc1ncnc2c1cnn2C. The summed E-state index contributed by atoms with van der Waals surface area (Å²) in [4.78, 5) is 8.38. The fraction of sp³-hybridized carbons (Fsp3) is 0.545. The van der Waals surface area contributed by atoms with Crippen LogP contribution in [0.15, 0.2) is 12.5 Å². The van der Waals surface area contributed by atoms with Gasteiger partial charge in [-0.2, -0.15) is 5.10 Å². The maximum Gasteiger partial charge on any atom is 0.163 e. The number of rotatable bonds is 4. The van der Waals surface area contributed by atoms with Crippen molar-refractivity contribution in [3.63, 3.8) is 0 Å². The predicted molar refractivity (Wildman–Crippen MR) is 65.7 cm³/mol. The number of hydrogen-bond donors (Lipinski definition) is 2. The van der Waals surface area contributed by atoms with Crippen molar-refractivity contribution in [2.45, 2.75) is 25.8 Å². The summed E-state index contributed by atoms with van der Waals surface area (Å²) in [5.74, 6) is 0.710. The van der Waals surface area contributed by atoms with Crippen LogP contribution in [0.2, 0.25) is 0 Å². The first-order valence-corrected chi connectivity index (χ1v) is 5.61. The van der Waals surface area contributed by atoms with Gasteiger partial charge >= 0.3 is 0 Å². The molecule has 2 rings (SSSR count). The monoisotopic (exact) mass is 235 g/mol. The Morgan fingerprint density at radius 3 is 2.88 bits per heavy atom. The van der Waals surface area contributed by atoms with E-state index >= 15 is 0 Å². The smallest absolute Gasteiger partial charge is 0.163 e. The summed E-state index contributed by atoms with van der Waals surface area (Å²) in [5, 5.41) is 17.7. The van der Waals surface area contributed by atoms with E-state index in [1.165, 1.54) is 6.33 Å². The molecule has 0 amide bonds. The van der Waals surface area contributed by atoms with Crippen LogP contribution >= 0.6 is 0 Å². The van der Waals surface area contributed by atoms with Gasteiger partial charge in [0.1, 0.15) is 12.1 Å². The molecule has 0 aromatic carbocycles. The summed E-state index contributed by atoms with van der Waals surface area (Å²) >= 11 is 0. The molecule has 6 nitrogen and oxygen atoms in total. The second-order valence-electron chi connectivity index (χ2n) is 4.43. The third kappa shape index (κ3) is 2.08. The fourth-order valence-electron chi connectivity index (χ4n) is 1.59. The zero-order chi connectivity index (χ0) is 12.5. The van der Waals surface area contributed by atoms with Crippen molar-refractivity contribution < 1.29 is 5.11 Å². The maximum absolute atomic E-state index is 9.40.